The van der Waals surface area contributed by atoms with E-state index in [1.165, 1.54) is 26.4 Å². The molecule has 3 rings (SSSR count). The highest BCUT2D eigenvalue weighted by Crippen LogP contribution is 2.39. The topological polar surface area (TPSA) is 12.9 Å². The fourth-order valence-corrected chi connectivity index (χ4v) is 3.29. The van der Waals surface area contributed by atoms with Crippen LogP contribution in [0.15, 0.2) is 60.9 Å². The number of rotatable bonds is 3. The highest BCUT2D eigenvalue weighted by atomic mass is 35.5. The van der Waals surface area contributed by atoms with Crippen molar-refractivity contribution >= 4 is 23.7 Å². The highest BCUT2D eigenvalue weighted by Gasteiger charge is 2.11. The van der Waals surface area contributed by atoms with E-state index < -0.39 is 0 Å². The normalized spacial score (nSPS) is 10.1. The molecule has 20 heavy (non-hydrogen) atoms. The van der Waals surface area contributed by atoms with Crippen molar-refractivity contribution in [1.82, 2.24) is 4.98 Å². The minimum absolute atomic E-state index is 0. The molecule has 0 unspecified atom stereocenters. The van der Waals surface area contributed by atoms with Gasteiger partial charge in [0, 0.05) is 27.7 Å². The van der Waals surface area contributed by atoms with E-state index in [2.05, 4.69) is 60.4 Å². The van der Waals surface area contributed by atoms with Crippen molar-refractivity contribution in [2.45, 2.75) is 13.3 Å². The summed E-state index contributed by atoms with van der Waals surface area (Å²) in [6, 6.07) is 17.1. The van der Waals surface area contributed by atoms with Crippen LogP contribution in [0.25, 0.3) is 21.6 Å². The van der Waals surface area contributed by atoms with Crippen molar-refractivity contribution in [3.63, 3.8) is 0 Å². The second-order valence-corrected chi connectivity index (χ2v) is 5.55. The van der Waals surface area contributed by atoms with Crippen molar-refractivity contribution in [2.24, 2.45) is 0 Å². The number of thiophene rings is 1. The largest absolute Gasteiger partial charge is 0.265 e. The first-order chi connectivity index (χ1) is 9.38. The third kappa shape index (κ3) is 2.92. The van der Waals surface area contributed by atoms with E-state index in [0.717, 1.165) is 6.42 Å². The maximum Gasteiger partial charge on any atom is 0.0425 e. The molecule has 0 amide bonds. The van der Waals surface area contributed by atoms with Crippen LogP contribution in [-0.4, -0.2) is 4.98 Å². The van der Waals surface area contributed by atoms with Crippen LogP contribution in [0.4, 0.5) is 0 Å². The lowest BCUT2D eigenvalue weighted by Gasteiger charge is -2.03. The van der Waals surface area contributed by atoms with Crippen molar-refractivity contribution in [3.05, 3.63) is 65.8 Å². The van der Waals surface area contributed by atoms with E-state index in [1.54, 1.807) is 0 Å². The summed E-state index contributed by atoms with van der Waals surface area (Å²) in [6.45, 7) is 2.21. The Kier molecular flexibility index (Phi) is 4.94. The number of benzene rings is 1. The predicted octanol–water partition coefficient (Wildman–Crippen LogP) is 5.46. The molecule has 0 aliphatic rings. The number of nitrogens with zero attached hydrogens (tertiary/aromatic N) is 1. The lowest BCUT2D eigenvalue weighted by atomic mass is 10.0. The average Bonchev–Trinajstić information content (AvgIpc) is 2.93. The Bertz CT molecular complexity index is 605. The number of hydrogen-bond donors (Lipinski definition) is 0. The number of hydrogen-bond acceptors (Lipinski definition) is 2. The summed E-state index contributed by atoms with van der Waals surface area (Å²) in [4.78, 5) is 6.87. The van der Waals surface area contributed by atoms with Gasteiger partial charge in [0.05, 0.1) is 0 Å². The second kappa shape index (κ2) is 6.69. The molecule has 1 aromatic carbocycles. The van der Waals surface area contributed by atoms with Gasteiger partial charge in [0.2, 0.25) is 0 Å². The van der Waals surface area contributed by atoms with Gasteiger partial charge in [-0.15, -0.1) is 23.7 Å². The van der Waals surface area contributed by atoms with Gasteiger partial charge in [-0.25, -0.2) is 0 Å². The number of aryl methyl sites for hydroxylation is 1. The van der Waals surface area contributed by atoms with Crippen LogP contribution in [0.2, 0.25) is 0 Å². The second-order valence-electron chi connectivity index (χ2n) is 4.41. The van der Waals surface area contributed by atoms with Crippen LogP contribution < -0.4 is 0 Å². The Morgan fingerprint density at radius 2 is 1.65 bits per heavy atom. The molecule has 102 valence electrons. The molecule has 0 bridgehead atoms. The summed E-state index contributed by atoms with van der Waals surface area (Å²) in [5.41, 5.74) is 3.86. The quantitative estimate of drug-likeness (QED) is 0.626. The van der Waals surface area contributed by atoms with Gasteiger partial charge in [0.1, 0.15) is 0 Å². The minimum Gasteiger partial charge on any atom is -0.265 e. The van der Waals surface area contributed by atoms with E-state index in [-0.39, 0.29) is 12.4 Å². The van der Waals surface area contributed by atoms with Crippen LogP contribution in [0.5, 0.6) is 0 Å². The van der Waals surface area contributed by atoms with Crippen molar-refractivity contribution in [2.75, 3.05) is 0 Å². The van der Waals surface area contributed by atoms with Gasteiger partial charge in [-0.1, -0.05) is 37.3 Å². The van der Waals surface area contributed by atoms with Crippen LogP contribution in [0.1, 0.15) is 11.8 Å². The highest BCUT2D eigenvalue weighted by molar-refractivity contribution is 7.16. The Morgan fingerprint density at radius 1 is 0.950 bits per heavy atom. The van der Waals surface area contributed by atoms with Gasteiger partial charge in [-0.3, -0.25) is 4.98 Å². The monoisotopic (exact) mass is 301 g/mol. The van der Waals surface area contributed by atoms with Crippen molar-refractivity contribution in [3.8, 4) is 21.6 Å². The van der Waals surface area contributed by atoms with Gasteiger partial charge in [0.25, 0.3) is 0 Å². The summed E-state index contributed by atoms with van der Waals surface area (Å²) >= 11 is 1.88. The molecular formula is C17H16ClNS. The van der Waals surface area contributed by atoms with Crippen molar-refractivity contribution < 1.29 is 0 Å². The maximum atomic E-state index is 4.10. The molecule has 1 nitrogen and oxygen atoms in total. The first-order valence-corrected chi connectivity index (χ1v) is 7.28. The predicted molar refractivity (Wildman–Crippen MR) is 89.6 cm³/mol. The molecular weight excluding hydrogens is 286 g/mol. The molecule has 0 spiro atoms. The summed E-state index contributed by atoms with van der Waals surface area (Å²) < 4.78 is 0. The van der Waals surface area contributed by atoms with E-state index in [0.29, 0.717) is 0 Å². The van der Waals surface area contributed by atoms with E-state index >= 15 is 0 Å². The Balaban J connectivity index is 0.00000147. The molecule has 2 aromatic heterocycles. The van der Waals surface area contributed by atoms with Gasteiger partial charge in [-0.2, -0.15) is 0 Å². The first kappa shape index (κ1) is 14.8. The van der Waals surface area contributed by atoms with E-state index in [4.69, 9.17) is 0 Å². The molecule has 3 aromatic rings. The molecule has 0 aliphatic heterocycles. The molecule has 0 N–H and O–H groups in total. The fraction of sp³-hybridized carbons (Fsp3) is 0.118. The van der Waals surface area contributed by atoms with Gasteiger partial charge in [0.15, 0.2) is 0 Å². The SMILES string of the molecule is CCc1cc(-c2ccccc2)c(-c2ccncc2)s1.Cl. The lowest BCUT2D eigenvalue weighted by molar-refractivity contribution is 1.19. The molecule has 0 saturated heterocycles. The van der Waals surface area contributed by atoms with Gasteiger partial charge < -0.3 is 0 Å². The zero-order valence-electron chi connectivity index (χ0n) is 11.2. The molecule has 0 saturated carbocycles. The van der Waals surface area contributed by atoms with Crippen LogP contribution >= 0.6 is 23.7 Å². The Hall–Kier alpha value is -1.64. The van der Waals surface area contributed by atoms with Crippen LogP contribution in [0, 0.1) is 0 Å². The summed E-state index contributed by atoms with van der Waals surface area (Å²) in [5.74, 6) is 0. The average molecular weight is 302 g/mol. The smallest absolute Gasteiger partial charge is 0.0425 e. The standard InChI is InChI=1S/C17H15NS.ClH/c1-2-15-12-16(13-6-4-3-5-7-13)17(19-15)14-8-10-18-11-9-14;/h3-12H,2H2,1H3;1H. The summed E-state index contributed by atoms with van der Waals surface area (Å²) in [5, 5.41) is 0. The maximum absolute atomic E-state index is 4.10. The first-order valence-electron chi connectivity index (χ1n) is 6.47. The zero-order valence-corrected chi connectivity index (χ0v) is 12.9. The van der Waals surface area contributed by atoms with Crippen LogP contribution in [-0.2, 0) is 6.42 Å². The molecule has 2 heterocycles. The van der Waals surface area contributed by atoms with Gasteiger partial charge >= 0.3 is 0 Å². The Labute approximate surface area is 129 Å². The third-order valence-electron chi connectivity index (χ3n) is 3.16. The number of halogens is 1. The summed E-state index contributed by atoms with van der Waals surface area (Å²) in [7, 11) is 0. The third-order valence-corrected chi connectivity index (χ3v) is 4.49. The number of aromatic nitrogens is 1. The van der Waals surface area contributed by atoms with Crippen LogP contribution in [0.3, 0.4) is 0 Å². The minimum atomic E-state index is 0. The Morgan fingerprint density at radius 3 is 2.30 bits per heavy atom. The molecule has 0 fully saturated rings. The van der Waals surface area contributed by atoms with Gasteiger partial charge in [-0.05, 0) is 35.7 Å². The van der Waals surface area contributed by atoms with E-state index in [9.17, 15) is 0 Å². The zero-order chi connectivity index (χ0) is 13.1. The summed E-state index contributed by atoms with van der Waals surface area (Å²) in [6.07, 6.45) is 4.79. The molecule has 0 atom stereocenters. The molecule has 0 aliphatic carbocycles. The fourth-order valence-electron chi connectivity index (χ4n) is 2.17. The molecule has 0 radical (unpaired) electrons. The van der Waals surface area contributed by atoms with E-state index in [1.807, 2.05) is 23.7 Å². The van der Waals surface area contributed by atoms with Crippen molar-refractivity contribution in [1.29, 1.82) is 0 Å². The molecule has 3 heteroatoms. The number of pyridine rings is 1. The lowest BCUT2D eigenvalue weighted by Crippen LogP contribution is -1.79.